The zero-order valence-corrected chi connectivity index (χ0v) is 21.9. The van der Waals surface area contributed by atoms with Crippen LogP contribution in [-0.4, -0.2) is 42.2 Å². The lowest BCUT2D eigenvalue weighted by Crippen LogP contribution is -2.30. The molecule has 0 aliphatic carbocycles. The Hall–Kier alpha value is -4.47. The van der Waals surface area contributed by atoms with E-state index in [9.17, 15) is 9.59 Å². The number of carbonyl (C=O) groups is 1. The number of carboxylic acid groups (broad SMARTS) is 1. The van der Waals surface area contributed by atoms with E-state index >= 15 is 0 Å². The van der Waals surface area contributed by atoms with Gasteiger partial charge in [0.25, 0.3) is 5.56 Å². The highest BCUT2D eigenvalue weighted by Gasteiger charge is 2.17. The molecule has 0 fully saturated rings. The molecule has 1 atom stereocenters. The summed E-state index contributed by atoms with van der Waals surface area (Å²) in [4.78, 5) is 29.2. The number of nitrogens with zero attached hydrogens (tertiary/aromatic N) is 5. The van der Waals surface area contributed by atoms with E-state index in [4.69, 9.17) is 28.3 Å². The largest absolute Gasteiger partial charge is 0.478 e. The first-order valence-electron chi connectivity index (χ1n) is 11.9. The summed E-state index contributed by atoms with van der Waals surface area (Å²) in [5, 5.41) is 21.0. The molecule has 39 heavy (non-hydrogen) atoms. The Morgan fingerprint density at radius 2 is 1.77 bits per heavy atom. The molecule has 0 radical (unpaired) electrons. The topological polar surface area (TPSA) is 115 Å². The van der Waals surface area contributed by atoms with Crippen molar-refractivity contribution in [3.63, 3.8) is 0 Å². The van der Waals surface area contributed by atoms with Crippen LogP contribution in [0.3, 0.4) is 0 Å². The van der Waals surface area contributed by atoms with Crippen LogP contribution in [0, 0.1) is 0 Å². The molecule has 0 saturated carbocycles. The van der Waals surface area contributed by atoms with Gasteiger partial charge in [0.05, 0.1) is 35.5 Å². The average molecular weight is 561 g/mol. The number of aromatic nitrogens is 5. The van der Waals surface area contributed by atoms with Crippen LogP contribution in [0.1, 0.15) is 22.0 Å². The van der Waals surface area contributed by atoms with Crippen LogP contribution in [0.15, 0.2) is 96.2 Å². The smallest absolute Gasteiger partial charge is 0.335 e. The van der Waals surface area contributed by atoms with E-state index in [0.717, 1.165) is 11.3 Å². The number of carboxylic acids is 1. The molecule has 0 spiro atoms. The van der Waals surface area contributed by atoms with Crippen LogP contribution in [0.25, 0.3) is 16.9 Å². The summed E-state index contributed by atoms with van der Waals surface area (Å²) < 4.78 is 3.09. The van der Waals surface area contributed by atoms with Crippen molar-refractivity contribution in [2.24, 2.45) is 0 Å². The molecule has 2 aromatic heterocycles. The highest BCUT2D eigenvalue weighted by atomic mass is 35.5. The van der Waals surface area contributed by atoms with Crippen LogP contribution in [0.2, 0.25) is 10.2 Å². The van der Waals surface area contributed by atoms with Gasteiger partial charge in [0, 0.05) is 28.9 Å². The Morgan fingerprint density at radius 3 is 2.44 bits per heavy atom. The van der Waals surface area contributed by atoms with Crippen molar-refractivity contribution in [1.29, 1.82) is 0 Å². The molecule has 5 aromatic rings. The minimum absolute atomic E-state index is 0.200. The quantitative estimate of drug-likeness (QED) is 0.248. The number of nitrogens with one attached hydrogen (secondary N) is 1. The molecule has 196 valence electrons. The third-order valence-electron chi connectivity index (χ3n) is 6.16. The summed E-state index contributed by atoms with van der Waals surface area (Å²) in [6.45, 7) is 0.405. The van der Waals surface area contributed by atoms with Crippen LogP contribution in [-0.2, 0) is 6.42 Å². The Bertz CT molecular complexity index is 1670. The maximum absolute atomic E-state index is 13.5. The van der Waals surface area contributed by atoms with Gasteiger partial charge >= 0.3 is 5.97 Å². The normalized spacial score (nSPS) is 11.7. The zero-order valence-electron chi connectivity index (χ0n) is 20.4. The fraction of sp³-hybridized carbons (Fsp3) is 0.107. The lowest BCUT2D eigenvalue weighted by Gasteiger charge is -2.21. The van der Waals surface area contributed by atoms with E-state index in [-0.39, 0.29) is 22.3 Å². The highest BCUT2D eigenvalue weighted by molar-refractivity contribution is 6.31. The first kappa shape index (κ1) is 26.1. The second kappa shape index (κ2) is 11.5. The second-order valence-corrected chi connectivity index (χ2v) is 9.60. The first-order chi connectivity index (χ1) is 18.9. The molecule has 0 aliphatic heterocycles. The molecule has 5 rings (SSSR count). The van der Waals surface area contributed by atoms with Crippen molar-refractivity contribution < 1.29 is 9.90 Å². The maximum Gasteiger partial charge on any atom is 0.335 e. The zero-order chi connectivity index (χ0) is 27.4. The molecule has 0 bridgehead atoms. The van der Waals surface area contributed by atoms with Gasteiger partial charge in [-0.2, -0.15) is 0 Å². The van der Waals surface area contributed by atoms with Crippen LogP contribution >= 0.6 is 23.2 Å². The summed E-state index contributed by atoms with van der Waals surface area (Å²) in [6, 6.07) is 22.7. The number of rotatable bonds is 9. The van der Waals surface area contributed by atoms with E-state index in [1.54, 1.807) is 41.1 Å². The van der Waals surface area contributed by atoms with Gasteiger partial charge in [0.15, 0.2) is 5.15 Å². The number of anilines is 1. The number of benzene rings is 3. The van der Waals surface area contributed by atoms with Crippen molar-refractivity contribution in [2.75, 3.05) is 11.9 Å². The van der Waals surface area contributed by atoms with E-state index in [1.165, 1.54) is 29.2 Å². The van der Waals surface area contributed by atoms with Crippen LogP contribution < -0.4 is 10.9 Å². The molecular formula is C28H22Cl2N6O3. The molecule has 0 unspecified atom stereocenters. The fourth-order valence-electron chi connectivity index (χ4n) is 4.23. The third-order valence-corrected chi connectivity index (χ3v) is 6.57. The summed E-state index contributed by atoms with van der Waals surface area (Å²) in [5.74, 6) is -0.990. The number of hydrogen-bond donors (Lipinski definition) is 2. The van der Waals surface area contributed by atoms with Gasteiger partial charge in [0.1, 0.15) is 0 Å². The molecule has 0 aliphatic rings. The van der Waals surface area contributed by atoms with Gasteiger partial charge in [-0.1, -0.05) is 58.7 Å². The van der Waals surface area contributed by atoms with Gasteiger partial charge in [0.2, 0.25) is 0 Å². The summed E-state index contributed by atoms with van der Waals surface area (Å²) in [6.07, 6.45) is 3.65. The monoisotopic (exact) mass is 560 g/mol. The predicted molar refractivity (Wildman–Crippen MR) is 150 cm³/mol. The highest BCUT2D eigenvalue weighted by Crippen LogP contribution is 2.28. The molecule has 11 heteroatoms. The van der Waals surface area contributed by atoms with E-state index in [2.05, 4.69) is 20.6 Å². The molecule has 9 nitrogen and oxygen atoms in total. The standard InChI is InChI=1S/C28H22Cl2N6O3/c29-20-8-11-25(36-16-26(30)33-34-36)23(13-20)24-14-27(37)35(17-32-24)22(12-18-4-2-1-3-5-18)15-31-21-9-6-19(7-10-21)28(38)39/h1-11,13-14,16-17,22,31H,12,15H2,(H,38,39)/t22-/m0/s1. The summed E-state index contributed by atoms with van der Waals surface area (Å²) in [5.41, 5.74) is 3.40. The van der Waals surface area contributed by atoms with Gasteiger partial charge < -0.3 is 10.4 Å². The Kier molecular flexibility index (Phi) is 7.72. The number of hydrogen-bond acceptors (Lipinski definition) is 6. The molecule has 2 N–H and O–H groups in total. The average Bonchev–Trinajstić information content (AvgIpc) is 3.37. The number of aromatic carboxylic acids is 1. The van der Waals surface area contributed by atoms with E-state index < -0.39 is 5.97 Å². The fourth-order valence-corrected chi connectivity index (χ4v) is 4.53. The SMILES string of the molecule is O=C(O)c1ccc(NC[C@H](Cc2ccccc2)n2cnc(-c3cc(Cl)ccc3-n3cc(Cl)nn3)cc2=O)cc1. The molecule has 3 aromatic carbocycles. The first-order valence-corrected chi connectivity index (χ1v) is 12.7. The number of halogens is 2. The van der Waals surface area contributed by atoms with Gasteiger partial charge in [-0.15, -0.1) is 5.10 Å². The minimum atomic E-state index is -0.990. The molecular weight excluding hydrogens is 539 g/mol. The Labute approximate surface area is 233 Å². The lowest BCUT2D eigenvalue weighted by atomic mass is 10.0. The van der Waals surface area contributed by atoms with Gasteiger partial charge in [-0.25, -0.2) is 14.5 Å². The van der Waals surface area contributed by atoms with E-state index in [0.29, 0.717) is 34.9 Å². The van der Waals surface area contributed by atoms with Crippen molar-refractivity contribution >= 4 is 34.9 Å². The van der Waals surface area contributed by atoms with Gasteiger partial charge in [-0.3, -0.25) is 9.36 Å². The lowest BCUT2D eigenvalue weighted by molar-refractivity contribution is 0.0697. The van der Waals surface area contributed by atoms with Crippen molar-refractivity contribution in [3.8, 4) is 16.9 Å². The predicted octanol–water partition coefficient (Wildman–Crippen LogP) is 5.39. The molecule has 0 amide bonds. The van der Waals surface area contributed by atoms with Crippen molar-refractivity contribution in [3.05, 3.63) is 123 Å². The van der Waals surface area contributed by atoms with Crippen LogP contribution in [0.5, 0.6) is 0 Å². The summed E-state index contributed by atoms with van der Waals surface area (Å²) >= 11 is 12.2. The summed E-state index contributed by atoms with van der Waals surface area (Å²) in [7, 11) is 0. The van der Waals surface area contributed by atoms with E-state index in [1.807, 2.05) is 30.3 Å². The molecule has 0 saturated heterocycles. The van der Waals surface area contributed by atoms with Crippen LogP contribution in [0.4, 0.5) is 5.69 Å². The molecule has 2 heterocycles. The Morgan fingerprint density at radius 1 is 1.00 bits per heavy atom. The maximum atomic E-state index is 13.5. The van der Waals surface area contributed by atoms with Gasteiger partial charge in [-0.05, 0) is 54.4 Å². The third kappa shape index (κ3) is 6.17. The minimum Gasteiger partial charge on any atom is -0.478 e. The Balaban J connectivity index is 1.47. The van der Waals surface area contributed by atoms with Crippen molar-refractivity contribution in [2.45, 2.75) is 12.5 Å². The van der Waals surface area contributed by atoms with Crippen molar-refractivity contribution in [1.82, 2.24) is 24.5 Å². The second-order valence-electron chi connectivity index (χ2n) is 8.77.